The number of rotatable bonds is 11. The molecule has 2 atom stereocenters. The molecule has 1 heterocycles. The monoisotopic (exact) mass is 1860 g/mol. The van der Waals surface area contributed by atoms with E-state index in [0.717, 1.165) is 22.9 Å². The molecule has 3 nitrogen and oxygen atoms in total. The van der Waals surface area contributed by atoms with Crippen molar-refractivity contribution in [3.8, 4) is 0 Å². The third kappa shape index (κ3) is 23.1. The first-order chi connectivity index (χ1) is 53.1. The Morgan fingerprint density at radius 1 is 0.339 bits per heavy atom. The van der Waals surface area contributed by atoms with Crippen molar-refractivity contribution in [1.82, 2.24) is 4.90 Å². The van der Waals surface area contributed by atoms with Gasteiger partial charge in [0.1, 0.15) is 18.0 Å². The average Bonchev–Trinajstić information content (AvgIpc) is 1.72. The van der Waals surface area contributed by atoms with E-state index in [0.29, 0.717) is 5.56 Å². The smallest absolute Gasteiger partial charge is 0.286 e. The summed E-state index contributed by atoms with van der Waals surface area (Å²) in [7, 11) is -0.894. The predicted octanol–water partition coefficient (Wildman–Crippen LogP) is 22.5. The summed E-state index contributed by atoms with van der Waals surface area (Å²) in [5, 5.41) is 2.52. The molecule has 0 N–H and O–H groups in total. The number of amides is 1. The van der Waals surface area contributed by atoms with Crippen molar-refractivity contribution >= 4 is 58.3 Å². The van der Waals surface area contributed by atoms with Gasteiger partial charge in [0, 0.05) is 31.3 Å². The van der Waals surface area contributed by atoms with E-state index < -0.39 is 203 Å². The number of carbonyl (C=O) groups excluding carboxylic acids is 1. The summed E-state index contributed by atoms with van der Waals surface area (Å²) in [6, 6.07) is 42.2. The maximum Gasteiger partial charge on any atom is 3.00 e. The number of alkyl halides is 24. The minimum atomic E-state index is -6.13. The Labute approximate surface area is 673 Å². The molecule has 16 radical (unpaired) electrons. The van der Waals surface area contributed by atoms with Gasteiger partial charge in [-0.05, 0) is 169 Å². The third-order valence-electron chi connectivity index (χ3n) is 18.2. The molecule has 0 bridgehead atoms. The number of benzene rings is 9. The number of aliphatic imine (C=N–C) groups is 1. The number of carbonyl (C=O) groups is 1. The number of hydrogen-bond donors (Lipinski definition) is 0. The van der Waals surface area contributed by atoms with E-state index >= 15 is 0 Å². The minimum Gasteiger partial charge on any atom is -0.286 e. The van der Waals surface area contributed by atoms with Crippen LogP contribution in [0.15, 0.2) is 229 Å². The molecule has 602 valence electrons. The Morgan fingerprint density at radius 3 is 0.878 bits per heavy atom. The van der Waals surface area contributed by atoms with Crippen molar-refractivity contribution in [2.75, 3.05) is 0 Å². The molecule has 0 spiro atoms. The van der Waals surface area contributed by atoms with Crippen molar-refractivity contribution in [2.24, 2.45) is 4.99 Å². The summed E-state index contributed by atoms with van der Waals surface area (Å²) in [4.78, 5) is 22.0. The van der Waals surface area contributed by atoms with Crippen LogP contribution in [0.1, 0.15) is 104 Å². The van der Waals surface area contributed by atoms with Gasteiger partial charge in [-0.2, -0.15) is 127 Å². The van der Waals surface area contributed by atoms with Gasteiger partial charge < -0.3 is 0 Å². The quantitative estimate of drug-likeness (QED) is 0.0722. The van der Waals surface area contributed by atoms with Gasteiger partial charge in [-0.1, -0.05) is 188 Å². The van der Waals surface area contributed by atoms with Crippen LogP contribution >= 0.6 is 7.92 Å². The standard InChI is InChI=1S/C39H30N2OP.C32H12BF24.C8H12.C5H5.Fe.Ir/c42-39(31-21-10-3-11-22-31)41-37(30-19-8-2-9-20-30)36(29-17-6-1-7-18-29)40-38(41)34-27-16-28-35(34)43(32-23-12-4-13-24-32)33-25-14-5-15-26-33;34-25(35,36)13-1-14(26(37,38)39)6-21(5-13)33(22-7-15(27(40,41)42)2-16(8-22)28(43,44)45,23-9-17(29(46,47)48)3-18(10-23)30(49,50)51)24-11-19(31(52,53)54)4-20(12-24)32(55,56)57;1-2-4-6-8-7-5-3-1;1-2-4-5-3-1;;/h1-28,36-37H;1-12H;1-2,7-8H,3-6H2;1-5H;;/q;-1;;;+3;/t36-,37-;;;;;/m0...../s1. The van der Waals surface area contributed by atoms with Crippen LogP contribution in [0.4, 0.5) is 105 Å². The second-order valence-electron chi connectivity index (χ2n) is 25.8. The fraction of sp³-hybridized carbons (Fsp3) is 0.167. The van der Waals surface area contributed by atoms with Gasteiger partial charge >= 0.3 is 66.5 Å². The summed E-state index contributed by atoms with van der Waals surface area (Å²) in [5.74, 6) is 1.67. The maximum atomic E-state index is 14.6. The molecule has 0 saturated heterocycles. The van der Waals surface area contributed by atoms with E-state index in [1.54, 1.807) is 0 Å². The van der Waals surface area contributed by atoms with Gasteiger partial charge in [0.05, 0.1) is 56.5 Å². The summed E-state index contributed by atoms with van der Waals surface area (Å²) in [6.45, 7) is 0. The Kier molecular flexibility index (Phi) is 30.8. The van der Waals surface area contributed by atoms with Crippen LogP contribution in [0.25, 0.3) is 0 Å². The molecule has 0 aromatic heterocycles. The van der Waals surface area contributed by atoms with Crippen molar-refractivity contribution in [3.63, 3.8) is 0 Å². The molecule has 4 aliphatic rings. The molecule has 13 rings (SSSR count). The zero-order chi connectivity index (χ0) is 82.1. The summed E-state index contributed by atoms with van der Waals surface area (Å²) in [6.07, 6.45) is -24.4. The summed E-state index contributed by atoms with van der Waals surface area (Å²) < 4.78 is 341. The fourth-order valence-electron chi connectivity index (χ4n) is 13.2. The van der Waals surface area contributed by atoms with Gasteiger partial charge in [0.15, 0.2) is 0 Å². The van der Waals surface area contributed by atoms with Crippen molar-refractivity contribution in [1.29, 1.82) is 0 Å². The molecular formula is C84H59BF24FeIrN2OP+2. The third-order valence-corrected chi connectivity index (χ3v) is 20.7. The molecule has 0 unspecified atom stereocenters. The second-order valence-corrected chi connectivity index (χ2v) is 28.0. The average molecular weight is 1860 g/mol. The SMILES string of the molecule is FC(F)(F)c1cc([B-](c2cc(C(F)(F)F)cc(C(F)(F)F)c2)(c2cc(C(F)(F)F)cc(C(F)(F)F)c2)c2cc(C(F)(F)F)cc(C(F)(F)F)c2)cc(C(F)(F)F)c1.O=C(c1ccccc1)N1C([C]2[CH][CH][CH][C]2P(c2ccccc2)c2ccccc2)=N[C@@H](c2ccccc2)[C@@H]1c1ccccc1.[CH]1[CH]CC[CH][CH]CC1.[CH]1[CH][CH][CH][CH]1.[Fe+3].[Ir]. The molecular weight excluding hydrogens is 1800 g/mol. The first-order valence-electron chi connectivity index (χ1n) is 34.1. The molecule has 3 fully saturated rings. The first kappa shape index (κ1) is 92.6. The Balaban J connectivity index is 0.000000249. The van der Waals surface area contributed by atoms with Crippen LogP contribution in [0, 0.1) is 88.6 Å². The zero-order valence-corrected chi connectivity index (χ0v) is 63.3. The maximum absolute atomic E-state index is 14.6. The molecule has 31 heteroatoms. The number of nitrogens with zero attached hydrogens (tertiary/aromatic N) is 2. The van der Waals surface area contributed by atoms with E-state index in [2.05, 4.69) is 130 Å². The summed E-state index contributed by atoms with van der Waals surface area (Å²) in [5.41, 5.74) is -26.2. The summed E-state index contributed by atoms with van der Waals surface area (Å²) >= 11 is 0. The van der Waals surface area contributed by atoms with Gasteiger partial charge in [0.25, 0.3) is 5.91 Å². The van der Waals surface area contributed by atoms with E-state index in [9.17, 15) is 110 Å². The molecule has 1 aliphatic heterocycles. The molecule has 1 amide bonds. The zero-order valence-electron chi connectivity index (χ0n) is 58.9. The molecule has 9 aromatic carbocycles. The number of amidine groups is 1. The second kappa shape index (κ2) is 38.2. The van der Waals surface area contributed by atoms with E-state index in [4.69, 9.17) is 4.99 Å². The number of halogens is 24. The Bertz CT molecular complexity index is 4160. The van der Waals surface area contributed by atoms with E-state index in [-0.39, 0.29) is 55.2 Å². The van der Waals surface area contributed by atoms with Crippen LogP contribution in [-0.4, -0.2) is 22.8 Å². The van der Waals surface area contributed by atoms with Crippen molar-refractivity contribution < 1.29 is 147 Å². The van der Waals surface area contributed by atoms with Gasteiger partial charge in [-0.15, -0.1) is 0 Å². The van der Waals surface area contributed by atoms with Crippen LogP contribution < -0.4 is 32.5 Å². The topological polar surface area (TPSA) is 32.7 Å². The molecule has 9 aromatic rings. The normalized spacial score (nSPS) is 16.9. The largest absolute Gasteiger partial charge is 3.00 e. The van der Waals surface area contributed by atoms with E-state index in [1.165, 1.54) is 42.0 Å². The van der Waals surface area contributed by atoms with Crippen LogP contribution in [0.2, 0.25) is 0 Å². The van der Waals surface area contributed by atoms with Gasteiger partial charge in [-0.25, -0.2) is 0 Å². The Hall–Kier alpha value is -7.90. The van der Waals surface area contributed by atoms with Crippen LogP contribution in [0.3, 0.4) is 0 Å². The number of hydrogen-bond acceptors (Lipinski definition) is 2. The van der Waals surface area contributed by atoms with Crippen LogP contribution in [0.5, 0.6) is 0 Å². The molecule has 115 heavy (non-hydrogen) atoms. The molecule has 3 saturated carbocycles. The van der Waals surface area contributed by atoms with Gasteiger partial charge in [-0.3, -0.25) is 14.7 Å². The van der Waals surface area contributed by atoms with E-state index in [1.807, 2.05) is 104 Å². The first-order valence-corrected chi connectivity index (χ1v) is 35.4. The minimum absolute atomic E-state index is 0. The molecule has 3 aliphatic carbocycles. The van der Waals surface area contributed by atoms with Crippen molar-refractivity contribution in [3.05, 3.63) is 374 Å². The van der Waals surface area contributed by atoms with Crippen LogP contribution in [-0.2, 0) is 86.6 Å². The Morgan fingerprint density at radius 2 is 0.600 bits per heavy atom. The van der Waals surface area contributed by atoms with Gasteiger partial charge in [0.2, 0.25) is 0 Å². The predicted molar refractivity (Wildman–Crippen MR) is 384 cm³/mol. The fourth-order valence-corrected chi connectivity index (χ4v) is 15.6. The van der Waals surface area contributed by atoms with Crippen molar-refractivity contribution in [2.45, 2.75) is 87.2 Å².